The first-order valence-corrected chi connectivity index (χ1v) is 6.72. The molecule has 1 rings (SSSR count). The molecule has 0 fully saturated rings. The molecule has 0 radical (unpaired) electrons. The second-order valence-corrected chi connectivity index (χ2v) is 5.86. The van der Waals surface area contributed by atoms with E-state index in [0.29, 0.717) is 0 Å². The molecular weight excluding hydrogens is 306 g/mol. The summed E-state index contributed by atoms with van der Waals surface area (Å²) in [6, 6.07) is 4.49. The molecule has 0 heterocycles. The van der Waals surface area contributed by atoms with Gasteiger partial charge in [-0.2, -0.15) is 5.26 Å². The highest BCUT2D eigenvalue weighted by atomic mass is 79.9. The number of nitriles is 1. The van der Waals surface area contributed by atoms with Crippen molar-refractivity contribution in [2.45, 2.75) is 4.90 Å². The molecule has 80 valence electrons. The van der Waals surface area contributed by atoms with Crippen molar-refractivity contribution in [2.75, 3.05) is 7.11 Å². The fourth-order valence-electron chi connectivity index (χ4n) is 0.949. The van der Waals surface area contributed by atoms with Gasteiger partial charge in [0.25, 0.3) is 9.05 Å². The summed E-state index contributed by atoms with van der Waals surface area (Å²) in [4.78, 5) is -0.180. The summed E-state index contributed by atoms with van der Waals surface area (Å²) < 4.78 is 27.3. The Kier molecular flexibility index (Phi) is 3.60. The van der Waals surface area contributed by atoms with Crippen molar-refractivity contribution in [1.82, 2.24) is 0 Å². The molecule has 0 unspecified atom stereocenters. The first kappa shape index (κ1) is 12.3. The van der Waals surface area contributed by atoms with Crippen LogP contribution < -0.4 is 4.74 Å². The highest BCUT2D eigenvalue weighted by molar-refractivity contribution is 9.10. The van der Waals surface area contributed by atoms with E-state index in [2.05, 4.69) is 15.9 Å². The molecule has 0 aliphatic heterocycles. The minimum absolute atomic E-state index is 0.140. The Morgan fingerprint density at radius 2 is 2.13 bits per heavy atom. The molecule has 4 nitrogen and oxygen atoms in total. The maximum Gasteiger partial charge on any atom is 0.262 e. The predicted molar refractivity (Wildman–Crippen MR) is 58.4 cm³/mol. The van der Waals surface area contributed by atoms with E-state index in [9.17, 15) is 8.42 Å². The normalized spacial score (nSPS) is 10.8. The molecule has 0 bridgehead atoms. The topological polar surface area (TPSA) is 67.2 Å². The highest BCUT2D eigenvalue weighted by Crippen LogP contribution is 2.32. The highest BCUT2D eigenvalue weighted by Gasteiger charge is 2.19. The van der Waals surface area contributed by atoms with Crippen molar-refractivity contribution in [1.29, 1.82) is 5.26 Å². The fourth-order valence-corrected chi connectivity index (χ4v) is 3.13. The van der Waals surface area contributed by atoms with Crippen LogP contribution in [0.1, 0.15) is 5.56 Å². The average Bonchev–Trinajstić information content (AvgIpc) is 2.16. The van der Waals surface area contributed by atoms with Crippen LogP contribution in [0.2, 0.25) is 0 Å². The first-order valence-electron chi connectivity index (χ1n) is 3.62. The average molecular weight is 311 g/mol. The van der Waals surface area contributed by atoms with Crippen molar-refractivity contribution >= 4 is 35.7 Å². The van der Waals surface area contributed by atoms with Crippen molar-refractivity contribution in [2.24, 2.45) is 0 Å². The summed E-state index contributed by atoms with van der Waals surface area (Å²) in [6.45, 7) is 0. The molecule has 0 amide bonds. The Balaban J connectivity index is 3.61. The number of methoxy groups -OCH3 is 1. The van der Waals surface area contributed by atoms with Crippen LogP contribution in [0.3, 0.4) is 0 Å². The zero-order valence-corrected chi connectivity index (χ0v) is 10.6. The summed E-state index contributed by atoms with van der Waals surface area (Å²) >= 11 is 3.00. The van der Waals surface area contributed by atoms with Gasteiger partial charge >= 0.3 is 0 Å². The van der Waals surface area contributed by atoms with E-state index < -0.39 is 9.05 Å². The standard InChI is InChI=1S/C8H5BrClNO3S/c1-14-6-2-5(4-11)8(9)7(3-6)15(10,12)13/h2-3H,1H3. The van der Waals surface area contributed by atoms with E-state index >= 15 is 0 Å². The van der Waals surface area contributed by atoms with Gasteiger partial charge in [-0.15, -0.1) is 0 Å². The molecule has 0 N–H and O–H groups in total. The van der Waals surface area contributed by atoms with Gasteiger partial charge in [-0.3, -0.25) is 0 Å². The number of ether oxygens (including phenoxy) is 1. The lowest BCUT2D eigenvalue weighted by Gasteiger charge is -2.06. The molecule has 15 heavy (non-hydrogen) atoms. The van der Waals surface area contributed by atoms with Gasteiger partial charge in [-0.05, 0) is 22.0 Å². The first-order chi connectivity index (χ1) is 6.90. The van der Waals surface area contributed by atoms with E-state index in [4.69, 9.17) is 20.7 Å². The summed E-state index contributed by atoms with van der Waals surface area (Å²) in [5.74, 6) is 0.258. The van der Waals surface area contributed by atoms with Crippen LogP contribution in [-0.4, -0.2) is 15.5 Å². The van der Waals surface area contributed by atoms with Gasteiger partial charge in [-0.25, -0.2) is 8.42 Å². The van der Waals surface area contributed by atoms with Gasteiger partial charge in [0, 0.05) is 16.7 Å². The lowest BCUT2D eigenvalue weighted by molar-refractivity contribution is 0.413. The van der Waals surface area contributed by atoms with Crippen LogP contribution in [0.4, 0.5) is 0 Å². The molecule has 0 saturated carbocycles. The quantitative estimate of drug-likeness (QED) is 0.786. The van der Waals surface area contributed by atoms with Gasteiger partial charge < -0.3 is 4.74 Å². The van der Waals surface area contributed by atoms with Crippen LogP contribution in [-0.2, 0) is 9.05 Å². The third kappa shape index (κ3) is 2.62. The number of halogens is 2. The molecule has 7 heteroatoms. The predicted octanol–water partition coefficient (Wildman–Crippen LogP) is 2.26. The van der Waals surface area contributed by atoms with Gasteiger partial charge in [0.2, 0.25) is 0 Å². The maximum atomic E-state index is 11.2. The largest absolute Gasteiger partial charge is 0.497 e. The van der Waals surface area contributed by atoms with Crippen LogP contribution in [0.5, 0.6) is 5.75 Å². The van der Waals surface area contributed by atoms with Crippen molar-refractivity contribution in [3.63, 3.8) is 0 Å². The third-order valence-corrected chi connectivity index (χ3v) is 4.09. The van der Waals surface area contributed by atoms with E-state index in [-0.39, 0.29) is 20.7 Å². The van der Waals surface area contributed by atoms with Gasteiger partial charge in [-0.1, -0.05) is 0 Å². The Labute approximate surface area is 100.0 Å². The molecule has 0 aliphatic carbocycles. The van der Waals surface area contributed by atoms with Gasteiger partial charge in [0.15, 0.2) is 0 Å². The lowest BCUT2D eigenvalue weighted by atomic mass is 10.2. The molecule has 0 spiro atoms. The number of hydrogen-bond donors (Lipinski definition) is 0. The Morgan fingerprint density at radius 3 is 2.53 bits per heavy atom. The maximum absolute atomic E-state index is 11.2. The van der Waals surface area contributed by atoms with Gasteiger partial charge in [0.05, 0.1) is 17.1 Å². The molecule has 1 aromatic carbocycles. The summed E-state index contributed by atoms with van der Waals surface area (Å²) in [5.41, 5.74) is 0.147. The zero-order valence-electron chi connectivity index (χ0n) is 7.49. The smallest absolute Gasteiger partial charge is 0.262 e. The Hall–Kier alpha value is -0.770. The van der Waals surface area contributed by atoms with Crippen molar-refractivity contribution in [3.8, 4) is 11.8 Å². The third-order valence-electron chi connectivity index (χ3n) is 1.63. The lowest BCUT2D eigenvalue weighted by Crippen LogP contribution is -1.96. The summed E-state index contributed by atoms with van der Waals surface area (Å²) in [5, 5.41) is 8.76. The molecule has 0 aromatic heterocycles. The second kappa shape index (κ2) is 4.39. The second-order valence-electron chi connectivity index (χ2n) is 2.54. The molecule has 0 atom stereocenters. The monoisotopic (exact) mass is 309 g/mol. The minimum atomic E-state index is -3.90. The number of hydrogen-bond acceptors (Lipinski definition) is 4. The van der Waals surface area contributed by atoms with Gasteiger partial charge in [0.1, 0.15) is 16.7 Å². The van der Waals surface area contributed by atoms with Crippen LogP contribution in [0.25, 0.3) is 0 Å². The van der Waals surface area contributed by atoms with E-state index in [0.717, 1.165) is 0 Å². The van der Waals surface area contributed by atoms with E-state index in [1.807, 2.05) is 6.07 Å². The zero-order chi connectivity index (χ0) is 11.6. The van der Waals surface area contributed by atoms with E-state index in [1.54, 1.807) is 0 Å². The number of benzene rings is 1. The Bertz CT molecular complexity index is 536. The molecular formula is C8H5BrClNO3S. The number of rotatable bonds is 2. The van der Waals surface area contributed by atoms with Crippen LogP contribution in [0, 0.1) is 11.3 Å². The Morgan fingerprint density at radius 1 is 1.53 bits per heavy atom. The minimum Gasteiger partial charge on any atom is -0.497 e. The van der Waals surface area contributed by atoms with Crippen molar-refractivity contribution in [3.05, 3.63) is 22.2 Å². The van der Waals surface area contributed by atoms with Crippen LogP contribution in [0.15, 0.2) is 21.5 Å². The summed E-state index contributed by atoms with van der Waals surface area (Å²) in [6.07, 6.45) is 0. The van der Waals surface area contributed by atoms with Crippen molar-refractivity contribution < 1.29 is 13.2 Å². The molecule has 0 aliphatic rings. The fraction of sp³-hybridized carbons (Fsp3) is 0.125. The SMILES string of the molecule is COc1cc(C#N)c(Br)c(S(=O)(=O)Cl)c1. The number of nitrogens with zero attached hydrogens (tertiary/aromatic N) is 1. The van der Waals surface area contributed by atoms with E-state index in [1.165, 1.54) is 19.2 Å². The molecule has 0 saturated heterocycles. The van der Waals surface area contributed by atoms with Crippen LogP contribution >= 0.6 is 26.6 Å². The molecule has 1 aromatic rings. The summed E-state index contributed by atoms with van der Waals surface area (Å²) in [7, 11) is 2.66.